The molecular formula is C17H23FN2O. The molecule has 2 heterocycles. The number of piperidine rings is 1. The van der Waals surface area contributed by atoms with Crippen LogP contribution in [-0.4, -0.2) is 54.3 Å². The SMILES string of the molecule is O=C(CCN1CCN2CCCCC2C1)c1ccc(F)cc1. The van der Waals surface area contributed by atoms with Crippen LogP contribution >= 0.6 is 0 Å². The lowest BCUT2D eigenvalue weighted by Crippen LogP contribution is -2.54. The van der Waals surface area contributed by atoms with Crippen molar-refractivity contribution >= 4 is 5.78 Å². The van der Waals surface area contributed by atoms with Gasteiger partial charge in [-0.25, -0.2) is 4.39 Å². The lowest BCUT2D eigenvalue weighted by Gasteiger charge is -2.44. The molecule has 1 aromatic rings. The van der Waals surface area contributed by atoms with E-state index >= 15 is 0 Å². The van der Waals surface area contributed by atoms with Gasteiger partial charge in [-0.15, -0.1) is 0 Å². The van der Waals surface area contributed by atoms with Gasteiger partial charge < -0.3 is 4.90 Å². The molecule has 0 saturated carbocycles. The second-order valence-corrected chi connectivity index (χ2v) is 6.17. The molecule has 0 bridgehead atoms. The minimum atomic E-state index is -0.292. The average Bonchev–Trinajstić information content (AvgIpc) is 2.53. The van der Waals surface area contributed by atoms with Crippen molar-refractivity contribution in [1.29, 1.82) is 0 Å². The van der Waals surface area contributed by atoms with Gasteiger partial charge in [-0.2, -0.15) is 0 Å². The zero-order valence-electron chi connectivity index (χ0n) is 12.4. The molecular weight excluding hydrogens is 267 g/mol. The van der Waals surface area contributed by atoms with E-state index in [9.17, 15) is 9.18 Å². The van der Waals surface area contributed by atoms with Gasteiger partial charge in [0, 0.05) is 44.2 Å². The highest BCUT2D eigenvalue weighted by atomic mass is 19.1. The molecule has 2 aliphatic heterocycles. The number of fused-ring (bicyclic) bond motifs is 1. The molecule has 1 unspecified atom stereocenters. The highest BCUT2D eigenvalue weighted by molar-refractivity contribution is 5.96. The van der Waals surface area contributed by atoms with Crippen molar-refractivity contribution in [3.63, 3.8) is 0 Å². The number of nitrogens with zero attached hydrogens (tertiary/aromatic N) is 2. The maximum Gasteiger partial charge on any atom is 0.164 e. The number of hydrogen-bond donors (Lipinski definition) is 0. The zero-order valence-corrected chi connectivity index (χ0v) is 12.4. The molecule has 0 spiro atoms. The molecule has 0 aromatic heterocycles. The highest BCUT2D eigenvalue weighted by Crippen LogP contribution is 2.21. The van der Waals surface area contributed by atoms with Crippen molar-refractivity contribution in [3.05, 3.63) is 35.6 Å². The number of rotatable bonds is 4. The van der Waals surface area contributed by atoms with Crippen molar-refractivity contribution in [2.24, 2.45) is 0 Å². The Hall–Kier alpha value is -1.26. The molecule has 4 heteroatoms. The van der Waals surface area contributed by atoms with Crippen molar-refractivity contribution in [2.75, 3.05) is 32.7 Å². The summed E-state index contributed by atoms with van der Waals surface area (Å²) in [5, 5.41) is 0. The van der Waals surface area contributed by atoms with Crippen LogP contribution in [0.15, 0.2) is 24.3 Å². The number of carbonyl (C=O) groups excluding carboxylic acids is 1. The topological polar surface area (TPSA) is 23.6 Å². The minimum Gasteiger partial charge on any atom is -0.300 e. The van der Waals surface area contributed by atoms with Crippen LogP contribution in [0.2, 0.25) is 0 Å². The fourth-order valence-electron chi connectivity index (χ4n) is 3.46. The number of hydrogen-bond acceptors (Lipinski definition) is 3. The largest absolute Gasteiger partial charge is 0.300 e. The molecule has 114 valence electrons. The number of piperazine rings is 1. The predicted molar refractivity (Wildman–Crippen MR) is 81.0 cm³/mol. The molecule has 1 atom stereocenters. The first kappa shape index (κ1) is 14.7. The van der Waals surface area contributed by atoms with Crippen molar-refractivity contribution in [3.8, 4) is 0 Å². The summed E-state index contributed by atoms with van der Waals surface area (Å²) in [6, 6.07) is 6.56. The maximum atomic E-state index is 12.9. The van der Waals surface area contributed by atoms with E-state index in [4.69, 9.17) is 0 Å². The first-order chi connectivity index (χ1) is 10.2. The summed E-state index contributed by atoms with van der Waals surface area (Å²) in [5.41, 5.74) is 0.618. The van der Waals surface area contributed by atoms with E-state index in [1.54, 1.807) is 12.1 Å². The van der Waals surface area contributed by atoms with E-state index in [1.807, 2.05) is 0 Å². The van der Waals surface area contributed by atoms with E-state index in [1.165, 1.54) is 37.9 Å². The van der Waals surface area contributed by atoms with E-state index in [2.05, 4.69) is 9.80 Å². The second-order valence-electron chi connectivity index (χ2n) is 6.17. The number of ketones is 1. The van der Waals surface area contributed by atoms with Crippen molar-refractivity contribution in [1.82, 2.24) is 9.80 Å². The van der Waals surface area contributed by atoms with Crippen LogP contribution in [0, 0.1) is 5.82 Å². The second kappa shape index (κ2) is 6.67. The predicted octanol–water partition coefficient (Wildman–Crippen LogP) is 2.57. The van der Waals surface area contributed by atoms with Gasteiger partial charge in [-0.3, -0.25) is 9.69 Å². The summed E-state index contributed by atoms with van der Waals surface area (Å²) in [6.45, 7) is 5.35. The van der Waals surface area contributed by atoms with Gasteiger partial charge in [0.1, 0.15) is 5.82 Å². The van der Waals surface area contributed by atoms with Gasteiger partial charge in [-0.1, -0.05) is 6.42 Å². The minimum absolute atomic E-state index is 0.112. The average molecular weight is 290 g/mol. The maximum absolute atomic E-state index is 12.9. The summed E-state index contributed by atoms with van der Waals surface area (Å²) in [6.07, 6.45) is 4.49. The van der Waals surface area contributed by atoms with Gasteiger partial charge in [0.15, 0.2) is 5.78 Å². The van der Waals surface area contributed by atoms with Crippen LogP contribution < -0.4 is 0 Å². The molecule has 0 amide bonds. The third kappa shape index (κ3) is 3.69. The van der Waals surface area contributed by atoms with Crippen LogP contribution in [0.5, 0.6) is 0 Å². The summed E-state index contributed by atoms with van der Waals surface area (Å²) >= 11 is 0. The Labute approximate surface area is 125 Å². The van der Waals surface area contributed by atoms with E-state index < -0.39 is 0 Å². The molecule has 0 radical (unpaired) electrons. The lowest BCUT2D eigenvalue weighted by atomic mass is 9.99. The molecule has 21 heavy (non-hydrogen) atoms. The Morgan fingerprint density at radius 2 is 1.95 bits per heavy atom. The van der Waals surface area contributed by atoms with Gasteiger partial charge in [-0.05, 0) is 43.7 Å². The van der Waals surface area contributed by atoms with Crippen molar-refractivity contribution in [2.45, 2.75) is 31.7 Å². The van der Waals surface area contributed by atoms with Gasteiger partial charge in [0.2, 0.25) is 0 Å². The molecule has 2 saturated heterocycles. The summed E-state index contributed by atoms with van der Waals surface area (Å²) in [5.74, 6) is -0.180. The van der Waals surface area contributed by atoms with Crippen LogP contribution in [0.25, 0.3) is 0 Å². The Kier molecular flexibility index (Phi) is 4.66. The van der Waals surface area contributed by atoms with Crippen molar-refractivity contribution < 1.29 is 9.18 Å². The van der Waals surface area contributed by atoms with E-state index in [-0.39, 0.29) is 11.6 Å². The fraction of sp³-hybridized carbons (Fsp3) is 0.588. The Bertz CT molecular complexity index is 488. The standard InChI is InChI=1S/C17H23FN2O/c18-15-6-4-14(5-7-15)17(21)8-10-19-11-12-20-9-2-1-3-16(20)13-19/h4-7,16H,1-3,8-13H2. The molecule has 1 aromatic carbocycles. The molecule has 0 N–H and O–H groups in total. The normalized spacial score (nSPS) is 23.8. The Morgan fingerprint density at radius 1 is 1.14 bits per heavy atom. The van der Waals surface area contributed by atoms with Crippen LogP contribution in [0.4, 0.5) is 4.39 Å². The smallest absolute Gasteiger partial charge is 0.164 e. The van der Waals surface area contributed by atoms with E-state index in [0.29, 0.717) is 18.0 Å². The molecule has 3 nitrogen and oxygen atoms in total. The molecule has 3 rings (SSSR count). The quantitative estimate of drug-likeness (QED) is 0.796. The Morgan fingerprint density at radius 3 is 2.76 bits per heavy atom. The van der Waals surface area contributed by atoms with Crippen LogP contribution in [0.1, 0.15) is 36.0 Å². The zero-order chi connectivity index (χ0) is 14.7. The first-order valence-corrected chi connectivity index (χ1v) is 7.97. The summed E-state index contributed by atoms with van der Waals surface area (Å²) in [7, 11) is 0. The highest BCUT2D eigenvalue weighted by Gasteiger charge is 2.28. The fourth-order valence-corrected chi connectivity index (χ4v) is 3.46. The summed E-state index contributed by atoms with van der Waals surface area (Å²) in [4.78, 5) is 17.1. The molecule has 2 fully saturated rings. The van der Waals surface area contributed by atoms with E-state index in [0.717, 1.165) is 26.2 Å². The molecule has 0 aliphatic carbocycles. The third-order valence-corrected chi connectivity index (χ3v) is 4.74. The number of halogens is 1. The number of Topliss-reactive ketones (excluding diaryl/α,β-unsaturated/α-hetero) is 1. The molecule has 2 aliphatic rings. The lowest BCUT2D eigenvalue weighted by molar-refractivity contribution is 0.0480. The summed E-state index contributed by atoms with van der Waals surface area (Å²) < 4.78 is 12.9. The monoisotopic (exact) mass is 290 g/mol. The van der Waals surface area contributed by atoms with Gasteiger partial charge in [0.05, 0.1) is 0 Å². The Balaban J connectivity index is 1.48. The number of benzene rings is 1. The van der Waals surface area contributed by atoms with Gasteiger partial charge >= 0.3 is 0 Å². The van der Waals surface area contributed by atoms with Crippen LogP contribution in [-0.2, 0) is 0 Å². The third-order valence-electron chi connectivity index (χ3n) is 4.74. The van der Waals surface area contributed by atoms with Gasteiger partial charge in [0.25, 0.3) is 0 Å². The number of carbonyl (C=O) groups is 1. The first-order valence-electron chi connectivity index (χ1n) is 7.97. The van der Waals surface area contributed by atoms with Crippen LogP contribution in [0.3, 0.4) is 0 Å².